The SMILES string of the molecule is C[C@@H]1CC(F)(F)CN(C(=O)OCc2ccccc2)[C@@H]1CO.C[C@@H]1CC(F)(F)CN[C@@H]1CO. The zero-order chi connectivity index (χ0) is 23.9. The van der Waals surface area contributed by atoms with Gasteiger partial charge >= 0.3 is 6.09 Å². The standard InChI is InChI=1S/C15H19F2NO3.C7H13F2NO/c1-11-7-15(16,17)10-18(13(11)8-19)14(20)21-9-12-5-3-2-4-6-12;1-5-2-7(8,9)4-10-6(5)3-11/h2-6,11,13,19H,7-10H2,1H3;5-6,10-11H,2-4H2,1H3/t11-,13-;5-,6-/m11/s1. The molecule has 0 bridgehead atoms. The van der Waals surface area contributed by atoms with Crippen LogP contribution in [-0.4, -0.2) is 71.4 Å². The van der Waals surface area contributed by atoms with Gasteiger partial charge in [0.25, 0.3) is 11.8 Å². The second-order valence-electron chi connectivity index (χ2n) is 8.66. The average Bonchev–Trinajstić information content (AvgIpc) is 2.71. The van der Waals surface area contributed by atoms with Crippen molar-refractivity contribution < 1.29 is 37.3 Å². The van der Waals surface area contributed by atoms with Crippen LogP contribution in [0, 0.1) is 11.8 Å². The molecule has 2 aliphatic rings. The van der Waals surface area contributed by atoms with Gasteiger partial charge in [-0.1, -0.05) is 44.2 Å². The molecule has 0 aromatic heterocycles. The smallest absolute Gasteiger partial charge is 0.410 e. The molecule has 0 radical (unpaired) electrons. The number of aliphatic hydroxyl groups excluding tert-OH is 2. The number of piperidine rings is 2. The number of carbonyl (C=O) groups excluding carboxylic acids is 1. The predicted octanol–water partition coefficient (Wildman–Crippen LogP) is 3.27. The summed E-state index contributed by atoms with van der Waals surface area (Å²) >= 11 is 0. The van der Waals surface area contributed by atoms with Gasteiger partial charge < -0.3 is 20.3 Å². The lowest BCUT2D eigenvalue weighted by Crippen LogP contribution is -2.56. The molecule has 10 heteroatoms. The van der Waals surface area contributed by atoms with E-state index in [4.69, 9.17) is 9.84 Å². The van der Waals surface area contributed by atoms with E-state index in [1.807, 2.05) is 6.07 Å². The Hall–Kier alpha value is -1.91. The van der Waals surface area contributed by atoms with Crippen molar-refractivity contribution in [1.29, 1.82) is 0 Å². The molecule has 1 aromatic carbocycles. The Balaban J connectivity index is 0.000000278. The summed E-state index contributed by atoms with van der Waals surface area (Å²) in [7, 11) is 0. The van der Waals surface area contributed by atoms with Crippen molar-refractivity contribution >= 4 is 6.09 Å². The monoisotopic (exact) mass is 464 g/mol. The van der Waals surface area contributed by atoms with Crippen molar-refractivity contribution in [2.24, 2.45) is 11.8 Å². The first-order chi connectivity index (χ1) is 15.0. The maximum atomic E-state index is 13.6. The first-order valence-electron chi connectivity index (χ1n) is 10.7. The Kier molecular flexibility index (Phi) is 9.29. The minimum atomic E-state index is -2.95. The fraction of sp³-hybridized carbons (Fsp3) is 0.682. The molecule has 0 spiro atoms. The lowest BCUT2D eigenvalue weighted by Gasteiger charge is -2.41. The number of rotatable bonds is 4. The maximum absolute atomic E-state index is 13.6. The third-order valence-electron chi connectivity index (χ3n) is 5.83. The molecule has 1 amide bonds. The summed E-state index contributed by atoms with van der Waals surface area (Å²) in [6.07, 6.45) is -1.27. The van der Waals surface area contributed by atoms with Gasteiger partial charge in [-0.05, 0) is 17.4 Å². The summed E-state index contributed by atoms with van der Waals surface area (Å²) in [6.45, 7) is 1.92. The number of likely N-dealkylation sites (tertiary alicyclic amines) is 1. The molecule has 0 saturated carbocycles. The first-order valence-corrected chi connectivity index (χ1v) is 10.7. The zero-order valence-corrected chi connectivity index (χ0v) is 18.3. The Labute approximate surface area is 185 Å². The number of hydrogen-bond donors (Lipinski definition) is 3. The van der Waals surface area contributed by atoms with Gasteiger partial charge in [0.05, 0.1) is 32.3 Å². The lowest BCUT2D eigenvalue weighted by atomic mass is 9.89. The summed E-state index contributed by atoms with van der Waals surface area (Å²) in [5.41, 5.74) is 0.781. The molecule has 0 unspecified atom stereocenters. The number of nitrogens with zero attached hydrogens (tertiary/aromatic N) is 1. The normalized spacial score (nSPS) is 28.9. The quantitative estimate of drug-likeness (QED) is 0.596. The number of amides is 1. The van der Waals surface area contributed by atoms with Crippen LogP contribution in [0.3, 0.4) is 0 Å². The molecule has 6 nitrogen and oxygen atoms in total. The lowest BCUT2D eigenvalue weighted by molar-refractivity contribution is -0.105. The van der Waals surface area contributed by atoms with Crippen LogP contribution in [0.1, 0.15) is 32.3 Å². The van der Waals surface area contributed by atoms with Gasteiger partial charge in [-0.25, -0.2) is 22.4 Å². The van der Waals surface area contributed by atoms with Crippen molar-refractivity contribution in [1.82, 2.24) is 10.2 Å². The van der Waals surface area contributed by atoms with E-state index in [0.717, 1.165) is 10.5 Å². The Morgan fingerprint density at radius 3 is 2.25 bits per heavy atom. The second kappa shape index (κ2) is 11.3. The molecule has 3 N–H and O–H groups in total. The third kappa shape index (κ3) is 7.60. The van der Waals surface area contributed by atoms with Gasteiger partial charge in [0, 0.05) is 18.9 Å². The molecule has 4 atom stereocenters. The van der Waals surface area contributed by atoms with Gasteiger partial charge in [0.1, 0.15) is 6.61 Å². The maximum Gasteiger partial charge on any atom is 0.410 e. The average molecular weight is 465 g/mol. The number of aliphatic hydroxyl groups is 2. The number of ether oxygens (including phenoxy) is 1. The summed E-state index contributed by atoms with van der Waals surface area (Å²) in [6, 6.07) is 8.21. The van der Waals surface area contributed by atoms with E-state index >= 15 is 0 Å². The van der Waals surface area contributed by atoms with Gasteiger partial charge in [-0.3, -0.25) is 4.90 Å². The van der Waals surface area contributed by atoms with Crippen LogP contribution in [0.2, 0.25) is 0 Å². The number of benzene rings is 1. The molecule has 2 saturated heterocycles. The molecule has 3 rings (SSSR count). The van der Waals surface area contributed by atoms with Crippen LogP contribution in [0.25, 0.3) is 0 Å². The van der Waals surface area contributed by atoms with Crippen LogP contribution in [0.5, 0.6) is 0 Å². The third-order valence-corrected chi connectivity index (χ3v) is 5.83. The molecule has 2 fully saturated rings. The molecule has 1 aromatic rings. The van der Waals surface area contributed by atoms with Gasteiger partial charge in [-0.2, -0.15) is 0 Å². The van der Waals surface area contributed by atoms with E-state index in [2.05, 4.69) is 5.32 Å². The van der Waals surface area contributed by atoms with Crippen LogP contribution in [0.4, 0.5) is 22.4 Å². The summed E-state index contributed by atoms with van der Waals surface area (Å²) in [4.78, 5) is 13.0. The molecule has 0 aliphatic carbocycles. The van der Waals surface area contributed by atoms with E-state index in [1.54, 1.807) is 38.1 Å². The van der Waals surface area contributed by atoms with E-state index < -0.39 is 36.4 Å². The van der Waals surface area contributed by atoms with Crippen LogP contribution in [-0.2, 0) is 11.3 Å². The van der Waals surface area contributed by atoms with Crippen molar-refractivity contribution in [2.75, 3.05) is 26.3 Å². The minimum Gasteiger partial charge on any atom is -0.445 e. The summed E-state index contributed by atoms with van der Waals surface area (Å²) in [5, 5.41) is 20.7. The molecular weight excluding hydrogens is 432 g/mol. The number of alkyl halides is 4. The zero-order valence-electron chi connectivity index (χ0n) is 18.3. The van der Waals surface area contributed by atoms with Crippen molar-refractivity contribution in [3.05, 3.63) is 35.9 Å². The van der Waals surface area contributed by atoms with E-state index in [9.17, 15) is 27.5 Å². The van der Waals surface area contributed by atoms with Crippen LogP contribution < -0.4 is 5.32 Å². The van der Waals surface area contributed by atoms with E-state index in [1.165, 1.54) is 0 Å². The number of halogens is 4. The van der Waals surface area contributed by atoms with Gasteiger partial charge in [0.15, 0.2) is 0 Å². The largest absolute Gasteiger partial charge is 0.445 e. The highest BCUT2D eigenvalue weighted by Crippen LogP contribution is 2.34. The number of hydrogen-bond acceptors (Lipinski definition) is 5. The highest BCUT2D eigenvalue weighted by atomic mass is 19.3. The molecule has 182 valence electrons. The highest BCUT2D eigenvalue weighted by Gasteiger charge is 2.46. The predicted molar refractivity (Wildman–Crippen MR) is 111 cm³/mol. The Morgan fingerprint density at radius 2 is 1.69 bits per heavy atom. The van der Waals surface area contributed by atoms with E-state index in [0.29, 0.717) is 0 Å². The Morgan fingerprint density at radius 1 is 1.06 bits per heavy atom. The summed E-state index contributed by atoms with van der Waals surface area (Å²) < 4.78 is 57.5. The number of nitrogens with one attached hydrogen (secondary N) is 1. The Bertz CT molecular complexity index is 723. The second-order valence-corrected chi connectivity index (χ2v) is 8.66. The fourth-order valence-electron chi connectivity index (χ4n) is 4.04. The molecule has 2 aliphatic heterocycles. The minimum absolute atomic E-state index is 0.0221. The van der Waals surface area contributed by atoms with Crippen molar-refractivity contribution in [3.8, 4) is 0 Å². The molecular formula is C22H32F4N2O4. The molecule has 32 heavy (non-hydrogen) atoms. The van der Waals surface area contributed by atoms with Gasteiger partial charge in [-0.15, -0.1) is 0 Å². The molecule has 2 heterocycles. The fourth-order valence-corrected chi connectivity index (χ4v) is 4.04. The van der Waals surface area contributed by atoms with Crippen molar-refractivity contribution in [2.45, 2.75) is 57.2 Å². The van der Waals surface area contributed by atoms with Crippen LogP contribution >= 0.6 is 0 Å². The van der Waals surface area contributed by atoms with Gasteiger partial charge in [0.2, 0.25) is 0 Å². The number of carbonyl (C=O) groups is 1. The highest BCUT2D eigenvalue weighted by molar-refractivity contribution is 5.68. The van der Waals surface area contributed by atoms with Crippen molar-refractivity contribution in [3.63, 3.8) is 0 Å². The van der Waals surface area contributed by atoms with E-state index in [-0.39, 0.29) is 51.2 Å². The topological polar surface area (TPSA) is 82.0 Å². The van der Waals surface area contributed by atoms with Crippen LogP contribution in [0.15, 0.2) is 30.3 Å². The first kappa shape index (κ1) is 26.3. The summed E-state index contributed by atoms with van der Waals surface area (Å²) in [5.74, 6) is -6.17.